The lowest BCUT2D eigenvalue weighted by atomic mass is 10.0. The Hall–Kier alpha value is -3.23. The summed E-state index contributed by atoms with van der Waals surface area (Å²) in [6.07, 6.45) is 1.49. The van der Waals surface area contributed by atoms with Crippen LogP contribution in [0.4, 0.5) is 4.39 Å². The van der Waals surface area contributed by atoms with Crippen molar-refractivity contribution in [3.05, 3.63) is 98.7 Å². The van der Waals surface area contributed by atoms with Gasteiger partial charge < -0.3 is 10.1 Å². The van der Waals surface area contributed by atoms with Gasteiger partial charge in [-0.3, -0.25) is 9.59 Å². The van der Waals surface area contributed by atoms with Gasteiger partial charge in [0.1, 0.15) is 24.2 Å². The third-order valence-electron chi connectivity index (χ3n) is 4.99. The molecule has 0 fully saturated rings. The summed E-state index contributed by atoms with van der Waals surface area (Å²) < 4.78 is 19.7. The molecule has 0 aliphatic heterocycles. The van der Waals surface area contributed by atoms with Gasteiger partial charge in [-0.25, -0.2) is 9.82 Å². The molecule has 0 bridgehead atoms. The highest BCUT2D eigenvalue weighted by Crippen LogP contribution is 2.26. The maximum absolute atomic E-state index is 13.1. The summed E-state index contributed by atoms with van der Waals surface area (Å²) in [5.41, 5.74) is 4.44. The van der Waals surface area contributed by atoms with Crippen molar-refractivity contribution >= 4 is 45.6 Å². The van der Waals surface area contributed by atoms with Gasteiger partial charge in [0.2, 0.25) is 0 Å². The molecular weight excluding hydrogens is 537 g/mol. The first kappa shape index (κ1) is 26.4. The van der Waals surface area contributed by atoms with Gasteiger partial charge in [-0.2, -0.15) is 5.10 Å². The molecule has 35 heavy (non-hydrogen) atoms. The molecule has 182 valence electrons. The zero-order valence-corrected chi connectivity index (χ0v) is 21.4. The largest absolute Gasteiger partial charge is 0.488 e. The van der Waals surface area contributed by atoms with Crippen LogP contribution in [0, 0.1) is 11.7 Å². The molecule has 3 aromatic rings. The van der Waals surface area contributed by atoms with Gasteiger partial charge in [0.25, 0.3) is 11.8 Å². The molecule has 6 nitrogen and oxygen atoms in total. The lowest BCUT2D eigenvalue weighted by molar-refractivity contribution is -0.123. The highest BCUT2D eigenvalue weighted by molar-refractivity contribution is 9.10. The number of benzene rings is 3. The number of amides is 2. The second-order valence-electron chi connectivity index (χ2n) is 8.04. The number of carbonyl (C=O) groups is 2. The molecule has 3 aromatic carbocycles. The number of halogens is 3. The van der Waals surface area contributed by atoms with Crippen molar-refractivity contribution in [3.8, 4) is 5.75 Å². The van der Waals surface area contributed by atoms with Crippen LogP contribution in [-0.2, 0) is 11.4 Å². The first-order valence-corrected chi connectivity index (χ1v) is 12.0. The minimum Gasteiger partial charge on any atom is -0.488 e. The van der Waals surface area contributed by atoms with Gasteiger partial charge in [0.15, 0.2) is 0 Å². The van der Waals surface area contributed by atoms with Gasteiger partial charge in [0, 0.05) is 10.6 Å². The summed E-state index contributed by atoms with van der Waals surface area (Å²) in [4.78, 5) is 25.0. The number of carbonyl (C=O) groups excluding carboxylic acids is 2. The molecule has 0 aliphatic carbocycles. The van der Waals surface area contributed by atoms with E-state index in [1.807, 2.05) is 18.2 Å². The highest BCUT2D eigenvalue weighted by Gasteiger charge is 2.24. The van der Waals surface area contributed by atoms with Crippen LogP contribution in [-0.4, -0.2) is 24.1 Å². The summed E-state index contributed by atoms with van der Waals surface area (Å²) in [6, 6.07) is 17.1. The molecule has 0 heterocycles. The predicted octanol–water partition coefficient (Wildman–Crippen LogP) is 5.73. The third-order valence-corrected chi connectivity index (χ3v) is 5.87. The van der Waals surface area contributed by atoms with Gasteiger partial charge in [-0.15, -0.1) is 0 Å². The molecule has 1 unspecified atom stereocenters. The number of nitrogens with one attached hydrogen (secondary N) is 2. The molecule has 2 amide bonds. The maximum atomic E-state index is 13.1. The van der Waals surface area contributed by atoms with Crippen molar-refractivity contribution < 1.29 is 18.7 Å². The van der Waals surface area contributed by atoms with Crippen LogP contribution in [0.25, 0.3) is 0 Å². The van der Waals surface area contributed by atoms with Gasteiger partial charge in [-0.05, 0) is 87.6 Å². The fraction of sp³-hybridized carbons (Fsp3) is 0.192. The van der Waals surface area contributed by atoms with E-state index in [-0.39, 0.29) is 11.5 Å². The van der Waals surface area contributed by atoms with E-state index in [9.17, 15) is 14.0 Å². The van der Waals surface area contributed by atoms with E-state index < -0.39 is 23.7 Å². The Balaban J connectivity index is 1.56. The van der Waals surface area contributed by atoms with Gasteiger partial charge in [-0.1, -0.05) is 37.6 Å². The summed E-state index contributed by atoms with van der Waals surface area (Å²) in [5.74, 6) is -0.915. The Bertz CT molecular complexity index is 1200. The van der Waals surface area contributed by atoms with Crippen molar-refractivity contribution in [2.75, 3.05) is 0 Å². The Morgan fingerprint density at radius 3 is 2.40 bits per heavy atom. The first-order chi connectivity index (χ1) is 16.7. The fourth-order valence-electron chi connectivity index (χ4n) is 3.06. The Kier molecular flexibility index (Phi) is 9.39. The summed E-state index contributed by atoms with van der Waals surface area (Å²) in [5, 5.41) is 7.35. The van der Waals surface area contributed by atoms with Crippen LogP contribution in [0.5, 0.6) is 5.75 Å². The van der Waals surface area contributed by atoms with Crippen molar-refractivity contribution in [3.63, 3.8) is 0 Å². The average molecular weight is 561 g/mol. The summed E-state index contributed by atoms with van der Waals surface area (Å²) >= 11 is 9.38. The lowest BCUT2D eigenvalue weighted by Gasteiger charge is -2.20. The molecule has 2 N–H and O–H groups in total. The van der Waals surface area contributed by atoms with E-state index in [0.717, 1.165) is 15.6 Å². The molecule has 3 rings (SSSR count). The molecule has 0 radical (unpaired) electrons. The maximum Gasteiger partial charge on any atom is 0.262 e. The van der Waals surface area contributed by atoms with E-state index >= 15 is 0 Å². The van der Waals surface area contributed by atoms with Crippen LogP contribution in [0.15, 0.2) is 76.3 Å². The second kappa shape index (κ2) is 12.5. The molecular formula is C26H24BrClFN3O3. The SMILES string of the molecule is CC(C)C(NC(=O)c1ccc(F)cc1)C(=O)N/N=C/c1ccc(OCc2ccc(Cl)cc2)c(Br)c1. The second-order valence-corrected chi connectivity index (χ2v) is 9.33. The van der Waals surface area contributed by atoms with Crippen LogP contribution < -0.4 is 15.5 Å². The van der Waals surface area contributed by atoms with Crippen LogP contribution in [0.3, 0.4) is 0 Å². The minimum atomic E-state index is -0.819. The number of hydrogen-bond donors (Lipinski definition) is 2. The predicted molar refractivity (Wildman–Crippen MR) is 138 cm³/mol. The minimum absolute atomic E-state index is 0.194. The van der Waals surface area contributed by atoms with E-state index in [2.05, 4.69) is 31.8 Å². The van der Waals surface area contributed by atoms with Crippen molar-refractivity contribution in [2.45, 2.75) is 26.5 Å². The molecule has 0 spiro atoms. The molecule has 0 aliphatic rings. The van der Waals surface area contributed by atoms with Crippen molar-refractivity contribution in [1.29, 1.82) is 0 Å². The van der Waals surface area contributed by atoms with Gasteiger partial charge >= 0.3 is 0 Å². The van der Waals surface area contributed by atoms with Crippen LogP contribution >= 0.6 is 27.5 Å². The quantitative estimate of drug-likeness (QED) is 0.259. The number of hydrazone groups is 1. The van der Waals surface area contributed by atoms with Gasteiger partial charge in [0.05, 0.1) is 10.7 Å². The molecule has 0 saturated heterocycles. The summed E-state index contributed by atoms with van der Waals surface area (Å²) in [7, 11) is 0. The fourth-order valence-corrected chi connectivity index (χ4v) is 3.69. The van der Waals surface area contributed by atoms with E-state index in [0.29, 0.717) is 17.4 Å². The number of rotatable bonds is 9. The molecule has 0 saturated carbocycles. The third kappa shape index (κ3) is 7.90. The number of nitrogens with zero attached hydrogens (tertiary/aromatic N) is 1. The normalized spacial score (nSPS) is 11.9. The monoisotopic (exact) mass is 559 g/mol. The number of hydrogen-bond acceptors (Lipinski definition) is 4. The number of ether oxygens (including phenoxy) is 1. The first-order valence-electron chi connectivity index (χ1n) is 10.8. The highest BCUT2D eigenvalue weighted by atomic mass is 79.9. The molecule has 9 heteroatoms. The Labute approximate surface area is 216 Å². The van der Waals surface area contributed by atoms with Crippen molar-refractivity contribution in [1.82, 2.24) is 10.7 Å². The van der Waals surface area contributed by atoms with Crippen LogP contribution in [0.2, 0.25) is 5.02 Å². The van der Waals surface area contributed by atoms with Crippen molar-refractivity contribution in [2.24, 2.45) is 11.0 Å². The van der Waals surface area contributed by atoms with E-state index in [1.165, 1.54) is 30.5 Å². The summed E-state index contributed by atoms with van der Waals surface area (Å²) in [6.45, 7) is 4.00. The smallest absolute Gasteiger partial charge is 0.262 e. The van der Waals surface area contributed by atoms with E-state index in [1.54, 1.807) is 38.1 Å². The Morgan fingerprint density at radius 1 is 1.09 bits per heavy atom. The van der Waals surface area contributed by atoms with E-state index in [4.69, 9.17) is 16.3 Å². The standard InChI is InChI=1S/C26H24BrClFN3O3/c1-16(2)24(31-25(33)19-6-10-21(29)11-7-19)26(34)32-30-14-18-5-12-23(22(27)13-18)35-15-17-3-8-20(28)9-4-17/h3-14,16,24H,15H2,1-2H3,(H,31,33)(H,32,34)/b30-14+. The van der Waals surface area contributed by atoms with Crippen LogP contribution in [0.1, 0.15) is 35.3 Å². The average Bonchev–Trinajstić information content (AvgIpc) is 2.83. The topological polar surface area (TPSA) is 79.8 Å². The molecule has 0 aromatic heterocycles. The lowest BCUT2D eigenvalue weighted by Crippen LogP contribution is -2.48. The zero-order chi connectivity index (χ0) is 25.4. The zero-order valence-electron chi connectivity index (χ0n) is 19.1. The Morgan fingerprint density at radius 2 is 1.77 bits per heavy atom. The molecule has 1 atom stereocenters.